The van der Waals surface area contributed by atoms with E-state index in [2.05, 4.69) is 21.3 Å². The third-order valence-corrected chi connectivity index (χ3v) is 5.12. The van der Waals surface area contributed by atoms with Gasteiger partial charge in [-0.25, -0.2) is 4.79 Å². The minimum atomic E-state index is -1.57. The maximum Gasteiger partial charge on any atom is 0.328 e. The highest BCUT2D eigenvalue weighted by molar-refractivity contribution is 7.98. The number of carboxylic acid groups (broad SMARTS) is 1. The number of amides is 3. The lowest BCUT2D eigenvalue weighted by Crippen LogP contribution is -2.60. The molecule has 0 aromatic rings. The third-order valence-electron chi connectivity index (χ3n) is 4.48. The van der Waals surface area contributed by atoms with Gasteiger partial charge >= 0.3 is 5.97 Å². The Morgan fingerprint density at radius 2 is 1.83 bits per heavy atom. The molecular weight excluding hydrogens is 404 g/mol. The zero-order valence-corrected chi connectivity index (χ0v) is 17.3. The number of nitrogens with one attached hydrogen (secondary N) is 4. The summed E-state index contributed by atoms with van der Waals surface area (Å²) in [6, 6.07) is -4.31. The molecule has 1 aliphatic heterocycles. The van der Waals surface area contributed by atoms with E-state index in [-0.39, 0.29) is 11.9 Å². The number of carbonyl (C=O) groups excluding carboxylic acids is 3. The molecule has 7 N–H and O–H groups in total. The van der Waals surface area contributed by atoms with Crippen molar-refractivity contribution in [2.45, 2.75) is 56.5 Å². The molecule has 3 amide bonds. The first kappa shape index (κ1) is 25.1. The Hall–Kier alpha value is -1.89. The maximum absolute atomic E-state index is 12.7. The SMILES string of the molecule is CSCCC(NC(=O)C1CCCN1)C(=O)NC(C(=O)NC(CO)C(=O)O)C(C)O. The van der Waals surface area contributed by atoms with Gasteiger partial charge in [0, 0.05) is 0 Å². The smallest absolute Gasteiger partial charge is 0.328 e. The Morgan fingerprint density at radius 3 is 2.31 bits per heavy atom. The molecule has 12 heteroatoms. The molecule has 1 rings (SSSR count). The first-order chi connectivity index (χ1) is 13.7. The fourth-order valence-electron chi connectivity index (χ4n) is 2.79. The Labute approximate surface area is 173 Å². The number of aliphatic carboxylic acids is 1. The number of carboxylic acids is 1. The molecular formula is C17H30N4O7S. The van der Waals surface area contributed by atoms with Gasteiger partial charge in [-0.2, -0.15) is 11.8 Å². The Bertz CT molecular complexity index is 584. The summed E-state index contributed by atoms with van der Waals surface area (Å²) in [5.74, 6) is -2.81. The van der Waals surface area contributed by atoms with Gasteiger partial charge in [0.15, 0.2) is 0 Å². The topological polar surface area (TPSA) is 177 Å². The number of carbonyl (C=O) groups is 4. The Morgan fingerprint density at radius 1 is 1.14 bits per heavy atom. The molecule has 0 saturated carbocycles. The summed E-state index contributed by atoms with van der Waals surface area (Å²) < 4.78 is 0. The quantitative estimate of drug-likeness (QED) is 0.174. The number of aliphatic hydroxyl groups is 2. The Kier molecular flexibility index (Phi) is 10.9. The van der Waals surface area contributed by atoms with Crippen LogP contribution in [-0.4, -0.2) is 94.4 Å². The normalized spacial score (nSPS) is 20.2. The largest absolute Gasteiger partial charge is 0.480 e. The number of aliphatic hydroxyl groups excluding tert-OH is 2. The predicted octanol–water partition coefficient (Wildman–Crippen LogP) is -2.60. The van der Waals surface area contributed by atoms with E-state index in [9.17, 15) is 24.3 Å². The molecule has 166 valence electrons. The lowest BCUT2D eigenvalue weighted by atomic mass is 10.1. The van der Waals surface area contributed by atoms with Gasteiger partial charge < -0.3 is 36.6 Å². The van der Waals surface area contributed by atoms with Crippen molar-refractivity contribution in [2.75, 3.05) is 25.2 Å². The minimum Gasteiger partial charge on any atom is -0.480 e. The molecule has 0 aromatic carbocycles. The number of hydrogen-bond acceptors (Lipinski definition) is 8. The van der Waals surface area contributed by atoms with Crippen LogP contribution in [0.15, 0.2) is 0 Å². The summed E-state index contributed by atoms with van der Waals surface area (Å²) in [5.41, 5.74) is 0. The van der Waals surface area contributed by atoms with Crippen molar-refractivity contribution in [2.24, 2.45) is 0 Å². The average Bonchev–Trinajstić information content (AvgIpc) is 3.21. The van der Waals surface area contributed by atoms with Gasteiger partial charge in [-0.1, -0.05) is 0 Å². The van der Waals surface area contributed by atoms with Gasteiger partial charge in [0.05, 0.1) is 18.8 Å². The van der Waals surface area contributed by atoms with Gasteiger partial charge in [0.25, 0.3) is 0 Å². The van der Waals surface area contributed by atoms with Gasteiger partial charge in [-0.15, -0.1) is 0 Å². The molecule has 1 aliphatic rings. The van der Waals surface area contributed by atoms with Gasteiger partial charge in [-0.3, -0.25) is 14.4 Å². The highest BCUT2D eigenvalue weighted by atomic mass is 32.2. The standard InChI is InChI=1S/C17H30N4O7S/c1-9(23)13(16(26)20-12(8-22)17(27)28)21-15(25)11(5-7-29-2)19-14(24)10-4-3-6-18-10/h9-13,18,22-23H,3-8H2,1-2H3,(H,19,24)(H,20,26)(H,21,25)(H,27,28). The van der Waals surface area contributed by atoms with Crippen LogP contribution in [0.2, 0.25) is 0 Å². The summed E-state index contributed by atoms with van der Waals surface area (Å²) >= 11 is 1.48. The zero-order valence-electron chi connectivity index (χ0n) is 16.5. The Balaban J connectivity index is 2.81. The molecule has 0 aliphatic carbocycles. The van der Waals surface area contributed by atoms with Crippen LogP contribution in [0.3, 0.4) is 0 Å². The van der Waals surface area contributed by atoms with Crippen LogP contribution in [0.25, 0.3) is 0 Å². The second-order valence-electron chi connectivity index (χ2n) is 6.80. The highest BCUT2D eigenvalue weighted by Gasteiger charge is 2.33. The molecule has 0 spiro atoms. The first-order valence-electron chi connectivity index (χ1n) is 9.36. The van der Waals surface area contributed by atoms with Crippen LogP contribution in [0.4, 0.5) is 0 Å². The molecule has 11 nitrogen and oxygen atoms in total. The number of hydrogen-bond donors (Lipinski definition) is 7. The molecule has 1 saturated heterocycles. The van der Waals surface area contributed by atoms with Crippen LogP contribution in [-0.2, 0) is 19.2 Å². The van der Waals surface area contributed by atoms with Crippen LogP contribution in [0.5, 0.6) is 0 Å². The fraction of sp³-hybridized carbons (Fsp3) is 0.765. The molecule has 1 fully saturated rings. The number of thioether (sulfide) groups is 1. The van der Waals surface area contributed by atoms with Gasteiger partial charge in [0.1, 0.15) is 18.1 Å². The lowest BCUT2D eigenvalue weighted by molar-refractivity contribution is -0.144. The van der Waals surface area contributed by atoms with Crippen molar-refractivity contribution >= 4 is 35.5 Å². The molecule has 29 heavy (non-hydrogen) atoms. The van der Waals surface area contributed by atoms with Crippen molar-refractivity contribution in [3.8, 4) is 0 Å². The van der Waals surface area contributed by atoms with Crippen LogP contribution in [0, 0.1) is 0 Å². The second-order valence-corrected chi connectivity index (χ2v) is 7.79. The third kappa shape index (κ3) is 8.17. The van der Waals surface area contributed by atoms with E-state index >= 15 is 0 Å². The van der Waals surface area contributed by atoms with Crippen molar-refractivity contribution in [1.82, 2.24) is 21.3 Å². The maximum atomic E-state index is 12.7. The van der Waals surface area contributed by atoms with E-state index in [0.29, 0.717) is 18.6 Å². The van der Waals surface area contributed by atoms with Crippen molar-refractivity contribution in [3.63, 3.8) is 0 Å². The van der Waals surface area contributed by atoms with Crippen molar-refractivity contribution < 1.29 is 34.5 Å². The molecule has 0 radical (unpaired) electrons. The van der Waals surface area contributed by atoms with E-state index in [4.69, 9.17) is 10.2 Å². The summed E-state index contributed by atoms with van der Waals surface area (Å²) in [7, 11) is 0. The van der Waals surface area contributed by atoms with Crippen molar-refractivity contribution in [1.29, 1.82) is 0 Å². The molecule has 5 atom stereocenters. The van der Waals surface area contributed by atoms with E-state index in [1.165, 1.54) is 18.7 Å². The van der Waals surface area contributed by atoms with Gasteiger partial charge in [0.2, 0.25) is 17.7 Å². The number of rotatable bonds is 12. The van der Waals surface area contributed by atoms with Gasteiger partial charge in [-0.05, 0) is 44.7 Å². The first-order valence-corrected chi connectivity index (χ1v) is 10.8. The predicted molar refractivity (Wildman–Crippen MR) is 106 cm³/mol. The minimum absolute atomic E-state index is 0.312. The molecule has 0 aromatic heterocycles. The lowest BCUT2D eigenvalue weighted by Gasteiger charge is -2.26. The molecule has 1 heterocycles. The second kappa shape index (κ2) is 12.6. The zero-order chi connectivity index (χ0) is 22.0. The van der Waals surface area contributed by atoms with E-state index in [1.54, 1.807) is 0 Å². The van der Waals surface area contributed by atoms with E-state index in [0.717, 1.165) is 13.0 Å². The van der Waals surface area contributed by atoms with Crippen LogP contribution in [0.1, 0.15) is 26.2 Å². The van der Waals surface area contributed by atoms with Crippen molar-refractivity contribution in [3.05, 3.63) is 0 Å². The monoisotopic (exact) mass is 434 g/mol. The van der Waals surface area contributed by atoms with E-state index in [1.807, 2.05) is 6.26 Å². The highest BCUT2D eigenvalue weighted by Crippen LogP contribution is 2.08. The summed E-state index contributed by atoms with van der Waals surface area (Å²) in [6.07, 6.45) is 2.36. The van der Waals surface area contributed by atoms with E-state index < -0.39 is 48.6 Å². The fourth-order valence-corrected chi connectivity index (χ4v) is 3.26. The van der Waals surface area contributed by atoms with Crippen LogP contribution < -0.4 is 21.3 Å². The van der Waals surface area contributed by atoms with Crippen LogP contribution >= 0.6 is 11.8 Å². The molecule has 0 bridgehead atoms. The summed E-state index contributed by atoms with van der Waals surface area (Å²) in [5, 5.41) is 38.0. The summed E-state index contributed by atoms with van der Waals surface area (Å²) in [4.78, 5) is 48.3. The average molecular weight is 435 g/mol. The summed E-state index contributed by atoms with van der Waals surface area (Å²) in [6.45, 7) is 1.14. The molecule has 5 unspecified atom stereocenters.